The van der Waals surface area contributed by atoms with Crippen molar-refractivity contribution in [3.63, 3.8) is 0 Å². The number of carbonyl (C=O) groups excluding carboxylic acids is 2. The highest BCUT2D eigenvalue weighted by Gasteiger charge is 2.43. The number of hydrogen-bond acceptors (Lipinski definition) is 7. The summed E-state index contributed by atoms with van der Waals surface area (Å²) in [5.74, 6) is -4.62. The van der Waals surface area contributed by atoms with Gasteiger partial charge in [-0.2, -0.15) is 0 Å². The highest BCUT2D eigenvalue weighted by Crippen LogP contribution is 2.50. The maximum Gasteiger partial charge on any atom is 0.306 e. The van der Waals surface area contributed by atoms with Crippen LogP contribution in [-0.4, -0.2) is 45.1 Å². The van der Waals surface area contributed by atoms with Crippen LogP contribution in [0.15, 0.2) is 18.2 Å². The number of phenolic OH excluding ortho intramolecular Hbond substituents is 2. The minimum absolute atomic E-state index is 0.0117. The molecule has 8 heteroatoms. The molecule has 0 radical (unpaired) electrons. The predicted molar refractivity (Wildman–Crippen MR) is 94.0 cm³/mol. The molecule has 0 bridgehead atoms. The van der Waals surface area contributed by atoms with Gasteiger partial charge in [-0.25, -0.2) is 0 Å². The second kappa shape index (κ2) is 6.07. The number of hydrogen-bond donors (Lipinski definition) is 4. The summed E-state index contributed by atoms with van der Waals surface area (Å²) in [6, 6.07) is 4.43. The smallest absolute Gasteiger partial charge is 0.306 e. The molecule has 2 aliphatic carbocycles. The standard InChI is InChI=1S/C20H16O8/c1-28-11-4-2-3-8-13(11)19(25)15-14(16(8)22)17(23)9-5-7(20(26)27)6-10(21)12(9)18(15)24/h2-4,7,10,21,23-24H,5-6H2,1H3,(H,26,27). The number of aliphatic hydroxyl groups excluding tert-OH is 1. The number of aliphatic carboxylic acids is 1. The van der Waals surface area contributed by atoms with Gasteiger partial charge in [-0.15, -0.1) is 0 Å². The molecular formula is C20H16O8. The third kappa shape index (κ3) is 2.24. The van der Waals surface area contributed by atoms with Crippen LogP contribution in [0.25, 0.3) is 0 Å². The fraction of sp³-hybridized carbons (Fsp3) is 0.250. The lowest BCUT2D eigenvalue weighted by Gasteiger charge is -2.31. The first-order valence-electron chi connectivity index (χ1n) is 8.55. The van der Waals surface area contributed by atoms with Crippen molar-refractivity contribution in [1.29, 1.82) is 0 Å². The Kier molecular flexibility index (Phi) is 3.90. The number of phenols is 2. The molecule has 28 heavy (non-hydrogen) atoms. The number of ether oxygens (including phenoxy) is 1. The van der Waals surface area contributed by atoms with Crippen LogP contribution in [-0.2, 0) is 11.2 Å². The van der Waals surface area contributed by atoms with Crippen LogP contribution in [0, 0.1) is 5.92 Å². The summed E-state index contributed by atoms with van der Waals surface area (Å²) >= 11 is 0. The van der Waals surface area contributed by atoms with Crippen molar-refractivity contribution in [2.45, 2.75) is 18.9 Å². The minimum atomic E-state index is -1.40. The Balaban J connectivity index is 2.02. The SMILES string of the molecule is COc1cccc2c1C(=O)c1c(O)c3c(c(O)c1C2=O)CC(C(=O)O)CC3O. The molecule has 4 N–H and O–H groups in total. The Hall–Kier alpha value is -3.39. The van der Waals surface area contributed by atoms with E-state index < -0.39 is 46.6 Å². The van der Waals surface area contributed by atoms with Gasteiger partial charge in [0.05, 0.1) is 35.8 Å². The summed E-state index contributed by atoms with van der Waals surface area (Å²) in [6.07, 6.45) is -1.76. The quantitative estimate of drug-likeness (QED) is 0.488. The number of carboxylic acids is 1. The van der Waals surface area contributed by atoms with E-state index in [4.69, 9.17) is 4.74 Å². The monoisotopic (exact) mass is 384 g/mol. The van der Waals surface area contributed by atoms with E-state index in [2.05, 4.69) is 0 Å². The second-order valence-corrected chi connectivity index (χ2v) is 6.87. The lowest BCUT2D eigenvalue weighted by atomic mass is 9.74. The summed E-state index contributed by atoms with van der Waals surface area (Å²) in [4.78, 5) is 37.5. The second-order valence-electron chi connectivity index (χ2n) is 6.87. The van der Waals surface area contributed by atoms with Crippen molar-refractivity contribution in [3.05, 3.63) is 51.6 Å². The third-order valence-electron chi connectivity index (χ3n) is 5.40. The summed E-state index contributed by atoms with van der Waals surface area (Å²) < 4.78 is 5.16. The fourth-order valence-corrected chi connectivity index (χ4v) is 4.09. The summed E-state index contributed by atoms with van der Waals surface area (Å²) in [6.45, 7) is 0. The van der Waals surface area contributed by atoms with Gasteiger partial charge < -0.3 is 25.2 Å². The van der Waals surface area contributed by atoms with Crippen LogP contribution >= 0.6 is 0 Å². The van der Waals surface area contributed by atoms with Crippen molar-refractivity contribution in [1.82, 2.24) is 0 Å². The van der Waals surface area contributed by atoms with Crippen LogP contribution in [0.2, 0.25) is 0 Å². The van der Waals surface area contributed by atoms with Gasteiger partial charge in [0.2, 0.25) is 5.78 Å². The first-order chi connectivity index (χ1) is 13.3. The Morgan fingerprint density at radius 1 is 1.07 bits per heavy atom. The lowest BCUT2D eigenvalue weighted by molar-refractivity contribution is -0.143. The third-order valence-corrected chi connectivity index (χ3v) is 5.40. The molecule has 8 nitrogen and oxygen atoms in total. The van der Waals surface area contributed by atoms with Gasteiger partial charge in [-0.05, 0) is 18.9 Å². The highest BCUT2D eigenvalue weighted by atomic mass is 16.5. The molecule has 0 heterocycles. The molecule has 0 aromatic heterocycles. The van der Waals surface area contributed by atoms with Gasteiger partial charge in [0.25, 0.3) is 0 Å². The average molecular weight is 384 g/mol. The molecular weight excluding hydrogens is 368 g/mol. The zero-order valence-electron chi connectivity index (χ0n) is 14.7. The van der Waals surface area contributed by atoms with E-state index in [-0.39, 0.29) is 46.4 Å². The molecule has 144 valence electrons. The molecule has 0 spiro atoms. The number of carboxylic acid groups (broad SMARTS) is 1. The number of methoxy groups -OCH3 is 1. The molecule has 0 saturated heterocycles. The number of ketones is 2. The van der Waals surface area contributed by atoms with Crippen LogP contribution in [0.1, 0.15) is 55.5 Å². The van der Waals surface area contributed by atoms with E-state index in [1.165, 1.54) is 25.3 Å². The number of aromatic hydroxyl groups is 2. The van der Waals surface area contributed by atoms with E-state index in [0.29, 0.717) is 0 Å². The first kappa shape index (κ1) is 18.0. The Bertz CT molecular complexity index is 1070. The number of fused-ring (bicyclic) bond motifs is 3. The zero-order chi connectivity index (χ0) is 20.3. The predicted octanol–water partition coefficient (Wildman–Crippen LogP) is 1.56. The zero-order valence-corrected chi connectivity index (χ0v) is 14.7. The summed E-state index contributed by atoms with van der Waals surface area (Å²) in [5.41, 5.74) is -0.974. The Morgan fingerprint density at radius 3 is 2.39 bits per heavy atom. The van der Waals surface area contributed by atoms with Crippen molar-refractivity contribution >= 4 is 17.5 Å². The number of rotatable bonds is 2. The normalized spacial score (nSPS) is 20.2. The first-order valence-corrected chi connectivity index (χ1v) is 8.55. The number of benzene rings is 2. The number of carbonyl (C=O) groups is 3. The van der Waals surface area contributed by atoms with Gasteiger partial charge in [-0.1, -0.05) is 12.1 Å². The molecule has 2 aliphatic rings. The topological polar surface area (TPSA) is 141 Å². The molecule has 4 rings (SSSR count). The summed E-state index contributed by atoms with van der Waals surface area (Å²) in [7, 11) is 1.34. The van der Waals surface area contributed by atoms with Gasteiger partial charge in [0.1, 0.15) is 17.2 Å². The van der Waals surface area contributed by atoms with Crippen molar-refractivity contribution < 1.29 is 39.5 Å². The van der Waals surface area contributed by atoms with Crippen molar-refractivity contribution in [3.8, 4) is 17.2 Å². The van der Waals surface area contributed by atoms with Gasteiger partial charge in [0.15, 0.2) is 5.78 Å². The van der Waals surface area contributed by atoms with Crippen LogP contribution in [0.3, 0.4) is 0 Å². The van der Waals surface area contributed by atoms with Crippen LogP contribution in [0.4, 0.5) is 0 Å². The van der Waals surface area contributed by atoms with E-state index in [9.17, 15) is 34.8 Å². The van der Waals surface area contributed by atoms with E-state index >= 15 is 0 Å². The Labute approximate surface area is 158 Å². The molecule has 0 amide bonds. The van der Waals surface area contributed by atoms with Gasteiger partial charge >= 0.3 is 5.97 Å². The highest BCUT2D eigenvalue weighted by molar-refractivity contribution is 6.31. The lowest BCUT2D eigenvalue weighted by Crippen LogP contribution is -2.28. The largest absolute Gasteiger partial charge is 0.507 e. The molecule has 0 aliphatic heterocycles. The van der Waals surface area contributed by atoms with E-state index in [0.717, 1.165) is 0 Å². The molecule has 2 aromatic rings. The van der Waals surface area contributed by atoms with E-state index in [1.807, 2.05) is 0 Å². The Morgan fingerprint density at radius 2 is 1.75 bits per heavy atom. The maximum atomic E-state index is 13.1. The molecule has 0 saturated carbocycles. The maximum absolute atomic E-state index is 13.1. The van der Waals surface area contributed by atoms with Crippen molar-refractivity contribution in [2.24, 2.45) is 5.92 Å². The molecule has 0 fully saturated rings. The minimum Gasteiger partial charge on any atom is -0.507 e. The molecule has 2 unspecified atom stereocenters. The molecule has 2 aromatic carbocycles. The van der Waals surface area contributed by atoms with Crippen molar-refractivity contribution in [2.75, 3.05) is 7.11 Å². The molecule has 2 atom stereocenters. The average Bonchev–Trinajstić information content (AvgIpc) is 2.67. The summed E-state index contributed by atoms with van der Waals surface area (Å²) in [5, 5.41) is 41.1. The van der Waals surface area contributed by atoms with Gasteiger partial charge in [-0.3, -0.25) is 14.4 Å². The fourth-order valence-electron chi connectivity index (χ4n) is 4.09. The van der Waals surface area contributed by atoms with E-state index in [1.54, 1.807) is 0 Å². The van der Waals surface area contributed by atoms with Crippen LogP contribution < -0.4 is 4.74 Å². The number of aliphatic hydroxyl groups is 1. The van der Waals surface area contributed by atoms with Gasteiger partial charge in [0, 0.05) is 16.7 Å². The van der Waals surface area contributed by atoms with Crippen LogP contribution in [0.5, 0.6) is 17.2 Å².